The first kappa shape index (κ1) is 24.3. The molecule has 4 rings (SSSR count). The van der Waals surface area contributed by atoms with Crippen LogP contribution in [0.15, 0.2) is 35.8 Å². The molecule has 3 N–H and O–H groups in total. The lowest BCUT2D eigenvalue weighted by atomic mass is 9.81. The lowest BCUT2D eigenvalue weighted by Crippen LogP contribution is -2.54. The third-order valence-electron chi connectivity index (χ3n) is 6.04. The molecule has 1 aliphatic heterocycles. The lowest BCUT2D eigenvalue weighted by Gasteiger charge is -2.37. The first-order chi connectivity index (χ1) is 16.3. The zero-order valence-corrected chi connectivity index (χ0v) is 20.1. The van der Waals surface area contributed by atoms with Gasteiger partial charge < -0.3 is 16.0 Å². The molecule has 180 valence electrons. The summed E-state index contributed by atoms with van der Waals surface area (Å²) in [6, 6.07) is 4.98. The van der Waals surface area contributed by atoms with Crippen LogP contribution in [0.2, 0.25) is 5.02 Å². The molecule has 1 fully saturated rings. The van der Waals surface area contributed by atoms with E-state index in [1.165, 1.54) is 17.4 Å². The van der Waals surface area contributed by atoms with Crippen molar-refractivity contribution >= 4 is 34.8 Å². The summed E-state index contributed by atoms with van der Waals surface area (Å²) in [6.45, 7) is 0.378. The molecule has 3 heterocycles. The molecular weight excluding hydrogens is 484 g/mol. The molecular formula is C23H24ClF2N5O2S. The summed E-state index contributed by atoms with van der Waals surface area (Å²) in [5.74, 6) is -2.58. The Balaban J connectivity index is 1.54. The van der Waals surface area contributed by atoms with Crippen LogP contribution < -0.4 is 16.0 Å². The average Bonchev–Trinajstić information content (AvgIpc) is 3.42. The van der Waals surface area contributed by atoms with E-state index in [1.54, 1.807) is 31.0 Å². The van der Waals surface area contributed by atoms with Gasteiger partial charge in [-0.05, 0) is 30.2 Å². The molecule has 1 unspecified atom stereocenters. The van der Waals surface area contributed by atoms with E-state index in [0.717, 1.165) is 17.7 Å². The van der Waals surface area contributed by atoms with Crippen molar-refractivity contribution in [2.45, 2.75) is 30.8 Å². The predicted octanol–water partition coefficient (Wildman–Crippen LogP) is 3.46. The number of piperidine rings is 1. The molecule has 3 aromatic rings. The van der Waals surface area contributed by atoms with E-state index in [-0.39, 0.29) is 36.2 Å². The molecule has 7 nitrogen and oxygen atoms in total. The molecule has 0 radical (unpaired) electrons. The molecule has 2 amide bonds. The topological polar surface area (TPSA) is 88.1 Å². The summed E-state index contributed by atoms with van der Waals surface area (Å²) in [6.07, 6.45) is 2.27. The fourth-order valence-electron chi connectivity index (χ4n) is 4.29. The van der Waals surface area contributed by atoms with Gasteiger partial charge in [-0.15, -0.1) is 11.3 Å². The van der Waals surface area contributed by atoms with Crippen molar-refractivity contribution in [1.29, 1.82) is 0 Å². The summed E-state index contributed by atoms with van der Waals surface area (Å²) < 4.78 is 29.2. The Morgan fingerprint density at radius 1 is 1.29 bits per heavy atom. The number of hydrogen-bond acceptors (Lipinski definition) is 5. The fraction of sp³-hybridized carbons (Fsp3) is 0.348. The zero-order chi connectivity index (χ0) is 24.4. The van der Waals surface area contributed by atoms with E-state index in [0.29, 0.717) is 34.1 Å². The van der Waals surface area contributed by atoms with Gasteiger partial charge in [0.1, 0.15) is 0 Å². The maximum Gasteiger partial charge on any atom is 0.261 e. The van der Waals surface area contributed by atoms with Gasteiger partial charge in [-0.3, -0.25) is 14.3 Å². The maximum absolute atomic E-state index is 14.0. The number of benzene rings is 1. The third-order valence-corrected chi connectivity index (χ3v) is 7.25. The number of aromatic nitrogens is 2. The van der Waals surface area contributed by atoms with E-state index in [9.17, 15) is 18.4 Å². The van der Waals surface area contributed by atoms with E-state index < -0.39 is 11.6 Å². The van der Waals surface area contributed by atoms with Crippen molar-refractivity contribution in [2.24, 2.45) is 7.05 Å². The number of aryl methyl sites for hydroxylation is 1. The number of halogens is 3. The number of carbonyl (C=O) groups is 2. The monoisotopic (exact) mass is 507 g/mol. The Hall–Kier alpha value is -2.82. The molecule has 0 aliphatic carbocycles. The fourth-order valence-corrected chi connectivity index (χ4v) is 5.36. The van der Waals surface area contributed by atoms with Gasteiger partial charge in [0.2, 0.25) is 5.91 Å². The second-order valence-electron chi connectivity index (χ2n) is 8.24. The van der Waals surface area contributed by atoms with Crippen LogP contribution in [0.5, 0.6) is 0 Å². The van der Waals surface area contributed by atoms with Gasteiger partial charge in [-0.2, -0.15) is 5.10 Å². The number of hydrogen-bond donors (Lipinski definition) is 3. The van der Waals surface area contributed by atoms with Crippen molar-refractivity contribution in [3.63, 3.8) is 0 Å². The minimum Gasteiger partial charge on any atom is -0.359 e. The van der Waals surface area contributed by atoms with Crippen LogP contribution in [0.3, 0.4) is 0 Å². The highest BCUT2D eigenvalue weighted by Gasteiger charge is 2.34. The van der Waals surface area contributed by atoms with Crippen LogP contribution in [-0.2, 0) is 11.8 Å². The number of amides is 2. The summed E-state index contributed by atoms with van der Waals surface area (Å²) in [5, 5.41) is 15.4. The quantitative estimate of drug-likeness (QED) is 0.477. The Morgan fingerprint density at radius 3 is 2.76 bits per heavy atom. The molecule has 1 aliphatic rings. The van der Waals surface area contributed by atoms with Gasteiger partial charge in [0.25, 0.3) is 5.91 Å². The molecule has 11 heteroatoms. The summed E-state index contributed by atoms with van der Waals surface area (Å²) in [4.78, 5) is 25.4. The molecule has 0 bridgehead atoms. The summed E-state index contributed by atoms with van der Waals surface area (Å²) in [7, 11) is 3.34. The Labute approximate surface area is 204 Å². The molecule has 34 heavy (non-hydrogen) atoms. The summed E-state index contributed by atoms with van der Waals surface area (Å²) in [5.41, 5.74) is 2.07. The van der Waals surface area contributed by atoms with E-state index >= 15 is 0 Å². The van der Waals surface area contributed by atoms with Crippen LogP contribution in [0, 0.1) is 11.6 Å². The van der Waals surface area contributed by atoms with Gasteiger partial charge in [-0.25, -0.2) is 8.78 Å². The van der Waals surface area contributed by atoms with Crippen LogP contribution in [-0.4, -0.2) is 47.3 Å². The van der Waals surface area contributed by atoms with Gasteiger partial charge in [0, 0.05) is 56.0 Å². The van der Waals surface area contributed by atoms with Crippen molar-refractivity contribution in [2.75, 3.05) is 13.6 Å². The van der Waals surface area contributed by atoms with E-state index in [2.05, 4.69) is 21.0 Å². The smallest absolute Gasteiger partial charge is 0.261 e. The molecule has 0 spiro atoms. The SMILES string of the molecule is CNC(=O)CC1C[C@@H](c2ccc(F)c(F)c2)[C@H](NC(=O)c2cc(-c3c(Cl)cnn3C)cs2)CN1. The normalized spacial score (nSPS) is 20.2. The van der Waals surface area contributed by atoms with Gasteiger partial charge in [-0.1, -0.05) is 17.7 Å². The van der Waals surface area contributed by atoms with E-state index in [4.69, 9.17) is 11.6 Å². The molecule has 1 aromatic carbocycles. The lowest BCUT2D eigenvalue weighted by molar-refractivity contribution is -0.121. The van der Waals surface area contributed by atoms with Gasteiger partial charge in [0.15, 0.2) is 11.6 Å². The number of rotatable bonds is 6. The number of thiophene rings is 1. The number of carbonyl (C=O) groups excluding carboxylic acids is 2. The molecule has 0 saturated carbocycles. The number of nitrogens with zero attached hydrogens (tertiary/aromatic N) is 2. The third kappa shape index (κ3) is 5.13. The van der Waals surface area contributed by atoms with Crippen molar-refractivity contribution in [3.05, 3.63) is 62.9 Å². The maximum atomic E-state index is 14.0. The van der Waals surface area contributed by atoms with Crippen LogP contribution in [0.25, 0.3) is 11.3 Å². The van der Waals surface area contributed by atoms with Crippen LogP contribution in [0.1, 0.15) is 34.0 Å². The van der Waals surface area contributed by atoms with Gasteiger partial charge >= 0.3 is 0 Å². The van der Waals surface area contributed by atoms with Crippen molar-refractivity contribution < 1.29 is 18.4 Å². The Morgan fingerprint density at radius 2 is 2.09 bits per heavy atom. The first-order valence-electron chi connectivity index (χ1n) is 10.7. The minimum absolute atomic E-state index is 0.121. The second-order valence-corrected chi connectivity index (χ2v) is 9.56. The average molecular weight is 508 g/mol. The second kappa shape index (κ2) is 10.2. The highest BCUT2D eigenvalue weighted by atomic mass is 35.5. The highest BCUT2D eigenvalue weighted by molar-refractivity contribution is 7.12. The van der Waals surface area contributed by atoms with Crippen LogP contribution >= 0.6 is 22.9 Å². The van der Waals surface area contributed by atoms with E-state index in [1.807, 2.05) is 5.38 Å². The van der Waals surface area contributed by atoms with Crippen molar-refractivity contribution in [3.8, 4) is 11.3 Å². The Kier molecular flexibility index (Phi) is 7.30. The Bertz CT molecular complexity index is 1190. The van der Waals surface area contributed by atoms with Crippen molar-refractivity contribution in [1.82, 2.24) is 25.7 Å². The molecule has 1 saturated heterocycles. The largest absolute Gasteiger partial charge is 0.359 e. The number of nitrogens with one attached hydrogen (secondary N) is 3. The summed E-state index contributed by atoms with van der Waals surface area (Å²) >= 11 is 7.50. The predicted molar refractivity (Wildman–Crippen MR) is 127 cm³/mol. The highest BCUT2D eigenvalue weighted by Crippen LogP contribution is 2.33. The minimum atomic E-state index is -0.945. The molecule has 3 atom stereocenters. The standard InChI is InChI=1S/C23H24ClF2N5O2S/c1-27-21(32)8-14-7-15(12-3-4-17(25)18(26)5-12)19(10-28-14)30-23(33)20-6-13(11-34-20)22-16(24)9-29-31(22)2/h3-6,9,11,14-15,19,28H,7-8,10H2,1-2H3,(H,27,32)(H,30,33)/t14?,15-,19+/m0/s1. The first-order valence-corrected chi connectivity index (χ1v) is 12.0. The molecule has 2 aromatic heterocycles. The zero-order valence-electron chi connectivity index (χ0n) is 18.6. The van der Waals surface area contributed by atoms with Gasteiger partial charge in [0.05, 0.1) is 21.8 Å². The van der Waals surface area contributed by atoms with Crippen LogP contribution in [0.4, 0.5) is 8.78 Å².